The molecule has 15 heavy (non-hydrogen) atoms. The fourth-order valence-corrected chi connectivity index (χ4v) is 1.87. The molecule has 2 unspecified atom stereocenters. The summed E-state index contributed by atoms with van der Waals surface area (Å²) in [5.41, 5.74) is 5.83. The first-order chi connectivity index (χ1) is 6.94. The lowest BCUT2D eigenvalue weighted by atomic mass is 9.89. The van der Waals surface area contributed by atoms with E-state index in [1.807, 2.05) is 13.8 Å². The number of rotatable bonds is 3. The highest BCUT2D eigenvalue weighted by molar-refractivity contribution is 4.92. The van der Waals surface area contributed by atoms with Crippen LogP contribution in [0.2, 0.25) is 0 Å². The smallest absolute Gasteiger partial charge is 0.0684 e. The SMILES string of the molecule is CC1CCN(CCC(C)(C)C#N)CC1N. The van der Waals surface area contributed by atoms with E-state index in [1.54, 1.807) is 0 Å². The van der Waals surface area contributed by atoms with Crippen molar-refractivity contribution < 1.29 is 0 Å². The fraction of sp³-hybridized carbons (Fsp3) is 0.917. The molecule has 1 aliphatic heterocycles. The Kier molecular flexibility index (Phi) is 4.12. The second kappa shape index (κ2) is 4.96. The Labute approximate surface area is 93.2 Å². The Morgan fingerprint density at radius 3 is 2.73 bits per heavy atom. The van der Waals surface area contributed by atoms with Crippen molar-refractivity contribution in [2.75, 3.05) is 19.6 Å². The zero-order valence-corrected chi connectivity index (χ0v) is 10.2. The molecule has 1 aliphatic rings. The number of hydrogen-bond acceptors (Lipinski definition) is 3. The lowest BCUT2D eigenvalue weighted by Crippen LogP contribution is -2.48. The second-order valence-corrected chi connectivity index (χ2v) is 5.48. The van der Waals surface area contributed by atoms with Crippen LogP contribution in [0.1, 0.15) is 33.6 Å². The first kappa shape index (κ1) is 12.5. The molecule has 0 spiro atoms. The average Bonchev–Trinajstić information content (AvgIpc) is 2.20. The molecule has 0 aromatic carbocycles. The van der Waals surface area contributed by atoms with Gasteiger partial charge in [0.2, 0.25) is 0 Å². The van der Waals surface area contributed by atoms with E-state index in [1.165, 1.54) is 6.42 Å². The Morgan fingerprint density at radius 1 is 1.53 bits per heavy atom. The maximum Gasteiger partial charge on any atom is 0.0684 e. The Hall–Kier alpha value is -0.590. The summed E-state index contributed by atoms with van der Waals surface area (Å²) in [4.78, 5) is 2.39. The molecule has 1 fully saturated rings. The van der Waals surface area contributed by atoms with Gasteiger partial charge in [0, 0.05) is 12.6 Å². The van der Waals surface area contributed by atoms with Gasteiger partial charge in [-0.2, -0.15) is 5.26 Å². The molecule has 0 bridgehead atoms. The lowest BCUT2D eigenvalue weighted by Gasteiger charge is -2.35. The van der Waals surface area contributed by atoms with Crippen molar-refractivity contribution in [1.82, 2.24) is 4.90 Å². The van der Waals surface area contributed by atoms with Crippen LogP contribution in [0, 0.1) is 22.7 Å². The zero-order chi connectivity index (χ0) is 11.5. The molecule has 0 amide bonds. The van der Waals surface area contributed by atoms with Gasteiger partial charge in [-0.1, -0.05) is 6.92 Å². The minimum absolute atomic E-state index is 0.201. The Balaban J connectivity index is 2.32. The maximum absolute atomic E-state index is 8.92. The van der Waals surface area contributed by atoms with Crippen LogP contribution in [-0.4, -0.2) is 30.6 Å². The largest absolute Gasteiger partial charge is 0.326 e. The van der Waals surface area contributed by atoms with Crippen LogP contribution in [0.3, 0.4) is 0 Å². The van der Waals surface area contributed by atoms with Crippen LogP contribution < -0.4 is 5.73 Å². The van der Waals surface area contributed by atoms with Gasteiger partial charge in [0.15, 0.2) is 0 Å². The normalized spacial score (nSPS) is 28.7. The van der Waals surface area contributed by atoms with E-state index in [4.69, 9.17) is 11.0 Å². The highest BCUT2D eigenvalue weighted by Gasteiger charge is 2.25. The van der Waals surface area contributed by atoms with Gasteiger partial charge >= 0.3 is 0 Å². The molecular formula is C12H23N3. The molecule has 1 rings (SSSR count). The number of piperidine rings is 1. The third-order valence-corrected chi connectivity index (χ3v) is 3.46. The zero-order valence-electron chi connectivity index (χ0n) is 10.2. The van der Waals surface area contributed by atoms with Crippen molar-refractivity contribution in [2.45, 2.75) is 39.7 Å². The van der Waals surface area contributed by atoms with Gasteiger partial charge in [0.25, 0.3) is 0 Å². The van der Waals surface area contributed by atoms with Crippen molar-refractivity contribution in [3.8, 4) is 6.07 Å². The van der Waals surface area contributed by atoms with Crippen molar-refractivity contribution in [2.24, 2.45) is 17.1 Å². The Bertz CT molecular complexity index is 242. The van der Waals surface area contributed by atoms with Gasteiger partial charge in [-0.05, 0) is 45.7 Å². The van der Waals surface area contributed by atoms with Crippen molar-refractivity contribution in [3.05, 3.63) is 0 Å². The number of nitriles is 1. The predicted molar refractivity (Wildman–Crippen MR) is 62.2 cm³/mol. The van der Waals surface area contributed by atoms with E-state index in [2.05, 4.69) is 17.9 Å². The molecule has 3 heteroatoms. The monoisotopic (exact) mass is 209 g/mol. The number of nitrogens with two attached hydrogens (primary N) is 1. The summed E-state index contributed by atoms with van der Waals surface area (Å²) >= 11 is 0. The molecule has 2 N–H and O–H groups in total. The van der Waals surface area contributed by atoms with Crippen molar-refractivity contribution >= 4 is 0 Å². The fourth-order valence-electron chi connectivity index (χ4n) is 1.87. The van der Waals surface area contributed by atoms with E-state index in [0.717, 1.165) is 26.1 Å². The quantitative estimate of drug-likeness (QED) is 0.768. The molecule has 0 aliphatic carbocycles. The predicted octanol–water partition coefficient (Wildman–Crippen LogP) is 1.60. The van der Waals surface area contributed by atoms with E-state index in [9.17, 15) is 0 Å². The molecule has 1 heterocycles. The summed E-state index contributed by atoms with van der Waals surface area (Å²) in [5, 5.41) is 8.92. The van der Waals surface area contributed by atoms with Gasteiger partial charge in [-0.15, -0.1) is 0 Å². The van der Waals surface area contributed by atoms with Crippen molar-refractivity contribution in [1.29, 1.82) is 5.26 Å². The van der Waals surface area contributed by atoms with E-state index in [-0.39, 0.29) is 5.41 Å². The molecule has 86 valence electrons. The topological polar surface area (TPSA) is 53.0 Å². The van der Waals surface area contributed by atoms with Gasteiger partial charge in [0.1, 0.15) is 0 Å². The van der Waals surface area contributed by atoms with E-state index >= 15 is 0 Å². The molecule has 1 saturated heterocycles. The molecule has 2 atom stereocenters. The average molecular weight is 209 g/mol. The second-order valence-electron chi connectivity index (χ2n) is 5.48. The summed E-state index contributed by atoms with van der Waals surface area (Å²) in [5.74, 6) is 0.644. The van der Waals surface area contributed by atoms with Crippen LogP contribution in [0.25, 0.3) is 0 Å². The highest BCUT2D eigenvalue weighted by Crippen LogP contribution is 2.21. The minimum atomic E-state index is -0.201. The molecule has 0 radical (unpaired) electrons. The van der Waals surface area contributed by atoms with Gasteiger partial charge < -0.3 is 10.6 Å². The number of likely N-dealkylation sites (tertiary alicyclic amines) is 1. The van der Waals surface area contributed by atoms with Crippen LogP contribution in [-0.2, 0) is 0 Å². The highest BCUT2D eigenvalue weighted by atomic mass is 15.1. The van der Waals surface area contributed by atoms with Crippen LogP contribution in [0.4, 0.5) is 0 Å². The van der Waals surface area contributed by atoms with Gasteiger partial charge in [-0.25, -0.2) is 0 Å². The Morgan fingerprint density at radius 2 is 2.20 bits per heavy atom. The summed E-state index contributed by atoms with van der Waals surface area (Å²) in [6, 6.07) is 2.65. The van der Waals surface area contributed by atoms with Crippen LogP contribution in [0.5, 0.6) is 0 Å². The molecule has 0 aromatic rings. The molecule has 3 nitrogen and oxygen atoms in total. The third kappa shape index (κ3) is 3.81. The molecular weight excluding hydrogens is 186 g/mol. The van der Waals surface area contributed by atoms with Gasteiger partial charge in [-0.3, -0.25) is 0 Å². The lowest BCUT2D eigenvalue weighted by molar-refractivity contribution is 0.156. The molecule has 0 aromatic heterocycles. The summed E-state index contributed by atoms with van der Waals surface area (Å²) < 4.78 is 0. The van der Waals surface area contributed by atoms with Crippen LogP contribution >= 0.6 is 0 Å². The van der Waals surface area contributed by atoms with E-state index < -0.39 is 0 Å². The maximum atomic E-state index is 8.92. The summed E-state index contributed by atoms with van der Waals surface area (Å²) in [7, 11) is 0. The minimum Gasteiger partial charge on any atom is -0.326 e. The van der Waals surface area contributed by atoms with Crippen molar-refractivity contribution in [3.63, 3.8) is 0 Å². The number of nitrogens with zero attached hydrogens (tertiary/aromatic N) is 2. The summed E-state index contributed by atoms with van der Waals surface area (Å²) in [6.07, 6.45) is 2.12. The van der Waals surface area contributed by atoms with E-state index in [0.29, 0.717) is 12.0 Å². The standard InChI is InChI=1S/C12H23N3/c1-10-4-6-15(8-11(10)14)7-5-12(2,3)9-13/h10-11H,4-8,14H2,1-3H3. The molecule has 0 saturated carbocycles. The summed E-state index contributed by atoms with van der Waals surface area (Å²) in [6.45, 7) is 9.35. The van der Waals surface area contributed by atoms with Crippen LogP contribution in [0.15, 0.2) is 0 Å². The third-order valence-electron chi connectivity index (χ3n) is 3.46. The van der Waals surface area contributed by atoms with Gasteiger partial charge in [0.05, 0.1) is 11.5 Å². The first-order valence-corrected chi connectivity index (χ1v) is 5.84. The number of hydrogen-bond donors (Lipinski definition) is 1. The first-order valence-electron chi connectivity index (χ1n) is 5.84.